The van der Waals surface area contributed by atoms with E-state index in [2.05, 4.69) is 30.6 Å². The van der Waals surface area contributed by atoms with Gasteiger partial charge in [0.15, 0.2) is 5.56 Å². The van der Waals surface area contributed by atoms with Crippen LogP contribution in [0.2, 0.25) is 5.28 Å². The first-order chi connectivity index (χ1) is 11.4. The average Bonchev–Trinajstić information content (AvgIpc) is 3.32. The lowest BCUT2D eigenvalue weighted by atomic mass is 9.82. The minimum atomic E-state index is -0.428. The summed E-state index contributed by atoms with van der Waals surface area (Å²) in [7, 11) is 4.19. The molecule has 24 heavy (non-hydrogen) atoms. The summed E-state index contributed by atoms with van der Waals surface area (Å²) < 4.78 is 5.72. The van der Waals surface area contributed by atoms with Crippen molar-refractivity contribution >= 4 is 23.4 Å². The molecule has 2 aliphatic rings. The van der Waals surface area contributed by atoms with Gasteiger partial charge in [0.1, 0.15) is 6.61 Å². The maximum absolute atomic E-state index is 12.4. The number of ether oxygens (including phenoxy) is 1. The summed E-state index contributed by atoms with van der Waals surface area (Å²) >= 11 is 6.03. The van der Waals surface area contributed by atoms with Crippen LogP contribution in [0.15, 0.2) is 18.9 Å². The molecule has 3 rings (SSSR count). The third kappa shape index (κ3) is 3.33. The van der Waals surface area contributed by atoms with Crippen LogP contribution in [-0.2, 0) is 4.74 Å². The lowest BCUT2D eigenvalue weighted by Gasteiger charge is -2.41. The molecule has 0 N–H and O–H groups in total. The standard InChI is InChI=1S/C18H25ClN3O2/c1-4-11-24-16(23)14-12-20-17(19)21-15(14)22(2,3)13-5-7-18(8-6-13)9-10-18/h4,12-13H,1,5-11H2,2-3H3/q+1. The predicted octanol–water partition coefficient (Wildman–Crippen LogP) is 3.76. The lowest BCUT2D eigenvalue weighted by molar-refractivity contribution is 0.0544. The smallest absolute Gasteiger partial charge is 0.347 e. The fraction of sp³-hybridized carbons (Fsp3) is 0.611. The maximum Gasteiger partial charge on any atom is 0.347 e. The van der Waals surface area contributed by atoms with Gasteiger partial charge in [-0.15, -0.1) is 0 Å². The number of carbonyl (C=O) groups is 1. The van der Waals surface area contributed by atoms with Crippen LogP contribution in [0.1, 0.15) is 48.9 Å². The van der Waals surface area contributed by atoms with Crippen LogP contribution < -0.4 is 4.48 Å². The van der Waals surface area contributed by atoms with E-state index < -0.39 is 5.97 Å². The Kier molecular flexibility index (Phi) is 4.67. The molecular weight excluding hydrogens is 326 g/mol. The molecule has 1 aromatic rings. The summed E-state index contributed by atoms with van der Waals surface area (Å²) in [4.78, 5) is 20.8. The van der Waals surface area contributed by atoms with Crippen molar-refractivity contribution in [2.75, 3.05) is 20.7 Å². The molecular formula is C18H25ClN3O2+. The Morgan fingerprint density at radius 2 is 2.08 bits per heavy atom. The number of hydrogen-bond acceptors (Lipinski definition) is 4. The van der Waals surface area contributed by atoms with Crippen molar-refractivity contribution in [2.24, 2.45) is 5.41 Å². The van der Waals surface area contributed by atoms with Crippen molar-refractivity contribution in [2.45, 2.75) is 44.6 Å². The molecule has 2 fully saturated rings. The quantitative estimate of drug-likeness (QED) is 0.351. The van der Waals surface area contributed by atoms with Gasteiger partial charge in [-0.25, -0.2) is 9.78 Å². The molecule has 0 aromatic carbocycles. The van der Waals surface area contributed by atoms with Crippen molar-refractivity contribution in [3.63, 3.8) is 0 Å². The van der Waals surface area contributed by atoms with Crippen LogP contribution in [-0.4, -0.2) is 42.7 Å². The largest absolute Gasteiger partial charge is 0.458 e. The molecule has 5 nitrogen and oxygen atoms in total. The summed E-state index contributed by atoms with van der Waals surface area (Å²) in [6.45, 7) is 3.74. The van der Waals surface area contributed by atoms with Gasteiger partial charge in [-0.3, -0.25) is 4.48 Å². The SMILES string of the molecule is C=CCOC(=O)c1cnc(Cl)nc1[N+](C)(C)C1CCC2(CC1)CC2. The van der Waals surface area contributed by atoms with E-state index in [-0.39, 0.29) is 11.9 Å². The number of nitrogens with zero attached hydrogens (tertiary/aromatic N) is 3. The number of quaternary nitrogens is 1. The highest BCUT2D eigenvalue weighted by atomic mass is 35.5. The van der Waals surface area contributed by atoms with Crippen LogP contribution in [0.25, 0.3) is 0 Å². The molecule has 0 radical (unpaired) electrons. The Hall–Kier alpha value is -1.46. The Bertz CT molecular complexity index is 646. The topological polar surface area (TPSA) is 52.1 Å². The molecule has 2 aliphatic carbocycles. The molecule has 2 saturated carbocycles. The number of hydrogen-bond donors (Lipinski definition) is 0. The molecule has 0 aliphatic heterocycles. The minimum absolute atomic E-state index is 0.158. The summed E-state index contributed by atoms with van der Waals surface area (Å²) in [5.74, 6) is 0.211. The number of halogens is 1. The van der Waals surface area contributed by atoms with E-state index in [9.17, 15) is 4.79 Å². The number of aromatic nitrogens is 2. The fourth-order valence-corrected chi connectivity index (χ4v) is 3.99. The highest BCUT2D eigenvalue weighted by molar-refractivity contribution is 6.28. The summed E-state index contributed by atoms with van der Waals surface area (Å²) in [5, 5.41) is 0.158. The second-order valence-corrected chi connectivity index (χ2v) is 7.87. The third-order valence-electron chi connectivity index (χ3n) is 5.72. The predicted molar refractivity (Wildman–Crippen MR) is 95.1 cm³/mol. The summed E-state index contributed by atoms with van der Waals surface area (Å²) in [6, 6.07) is 0.424. The highest BCUT2D eigenvalue weighted by Crippen LogP contribution is 2.57. The number of carbonyl (C=O) groups excluding carboxylic acids is 1. The van der Waals surface area contributed by atoms with Gasteiger partial charge in [0.2, 0.25) is 11.1 Å². The van der Waals surface area contributed by atoms with Gasteiger partial charge in [0, 0.05) is 12.8 Å². The molecule has 0 atom stereocenters. The minimum Gasteiger partial charge on any atom is -0.458 e. The van der Waals surface area contributed by atoms with Crippen LogP contribution in [0.5, 0.6) is 0 Å². The van der Waals surface area contributed by atoms with Crippen molar-refractivity contribution in [1.82, 2.24) is 14.5 Å². The molecule has 0 amide bonds. The first-order valence-corrected chi connectivity index (χ1v) is 8.91. The first-order valence-electron chi connectivity index (χ1n) is 8.53. The van der Waals surface area contributed by atoms with E-state index in [1.807, 2.05) is 0 Å². The zero-order valence-electron chi connectivity index (χ0n) is 14.4. The normalized spacial score (nSPS) is 20.0. The van der Waals surface area contributed by atoms with Gasteiger partial charge in [-0.05, 0) is 42.7 Å². The van der Waals surface area contributed by atoms with Gasteiger partial charge in [-0.1, -0.05) is 12.7 Å². The third-order valence-corrected chi connectivity index (χ3v) is 5.91. The Morgan fingerprint density at radius 3 is 2.67 bits per heavy atom. The maximum atomic E-state index is 12.4. The second-order valence-electron chi connectivity index (χ2n) is 7.53. The van der Waals surface area contributed by atoms with E-state index in [1.165, 1.54) is 31.9 Å². The second kappa shape index (κ2) is 6.45. The fourth-order valence-electron chi connectivity index (χ4n) is 3.86. The summed E-state index contributed by atoms with van der Waals surface area (Å²) in [6.07, 6.45) is 10.6. The molecule has 0 unspecified atom stereocenters. The van der Waals surface area contributed by atoms with E-state index >= 15 is 0 Å². The van der Waals surface area contributed by atoms with E-state index in [0.717, 1.165) is 12.8 Å². The summed E-state index contributed by atoms with van der Waals surface area (Å²) in [5.41, 5.74) is 1.02. The monoisotopic (exact) mass is 350 g/mol. The average molecular weight is 351 g/mol. The lowest BCUT2D eigenvalue weighted by Crippen LogP contribution is -2.53. The van der Waals surface area contributed by atoms with Crippen LogP contribution in [0.4, 0.5) is 5.82 Å². The van der Waals surface area contributed by atoms with Crippen molar-refractivity contribution in [3.05, 3.63) is 29.7 Å². The van der Waals surface area contributed by atoms with Gasteiger partial charge in [0.05, 0.1) is 26.3 Å². The number of esters is 1. The zero-order valence-corrected chi connectivity index (χ0v) is 15.2. The first kappa shape index (κ1) is 17.4. The molecule has 1 heterocycles. The molecule has 6 heteroatoms. The van der Waals surface area contributed by atoms with Crippen LogP contribution in [0.3, 0.4) is 0 Å². The van der Waals surface area contributed by atoms with Crippen molar-refractivity contribution in [1.29, 1.82) is 0 Å². The van der Waals surface area contributed by atoms with Gasteiger partial charge in [-0.2, -0.15) is 4.98 Å². The van der Waals surface area contributed by atoms with Crippen molar-refractivity contribution in [3.8, 4) is 0 Å². The molecule has 1 spiro atoms. The van der Waals surface area contributed by atoms with Crippen LogP contribution in [0, 0.1) is 5.41 Å². The van der Waals surface area contributed by atoms with Gasteiger partial charge >= 0.3 is 5.97 Å². The molecule has 0 bridgehead atoms. The highest BCUT2D eigenvalue weighted by Gasteiger charge is 2.49. The Morgan fingerprint density at radius 1 is 1.42 bits per heavy atom. The number of rotatable bonds is 5. The molecule has 0 saturated heterocycles. The Labute approximate surface area is 148 Å². The zero-order chi connectivity index (χ0) is 17.4. The van der Waals surface area contributed by atoms with E-state index in [1.54, 1.807) is 6.08 Å². The van der Waals surface area contributed by atoms with Crippen molar-refractivity contribution < 1.29 is 9.53 Å². The molecule has 1 aromatic heterocycles. The van der Waals surface area contributed by atoms with E-state index in [4.69, 9.17) is 16.3 Å². The van der Waals surface area contributed by atoms with Gasteiger partial charge in [0.25, 0.3) is 0 Å². The van der Waals surface area contributed by atoms with E-state index in [0.29, 0.717) is 27.3 Å². The Balaban J connectivity index is 1.86. The van der Waals surface area contributed by atoms with Crippen LogP contribution >= 0.6 is 11.6 Å². The molecule has 130 valence electrons. The van der Waals surface area contributed by atoms with Gasteiger partial charge < -0.3 is 4.74 Å².